The van der Waals surface area contributed by atoms with Crippen molar-refractivity contribution in [2.45, 2.75) is 0 Å². The summed E-state index contributed by atoms with van der Waals surface area (Å²) in [5.74, 6) is 0. The zero-order valence-electron chi connectivity index (χ0n) is 32.7. The molecule has 282 valence electrons. The van der Waals surface area contributed by atoms with Gasteiger partial charge in [0.25, 0.3) is 0 Å². The number of benzene rings is 8. The van der Waals surface area contributed by atoms with Gasteiger partial charge in [-0.1, -0.05) is 121 Å². The summed E-state index contributed by atoms with van der Waals surface area (Å²) in [5, 5.41) is 28.1. The largest absolute Gasteiger partial charge is 0.308 e. The fraction of sp³-hybridized carbons (Fsp3) is 0. The van der Waals surface area contributed by atoms with Gasteiger partial charge in [-0.05, 0) is 71.8 Å². The monoisotopic (exact) mass is 776 g/mol. The molecule has 0 radical (unpaired) electrons. The van der Waals surface area contributed by atoms with Crippen molar-refractivity contribution in [1.82, 2.24) is 18.7 Å². The van der Waals surface area contributed by atoms with Crippen LogP contribution in [-0.4, -0.2) is 18.7 Å². The Hall–Kier alpha value is -8.71. The predicted molar refractivity (Wildman–Crippen MR) is 248 cm³/mol. The number of nitriles is 2. The lowest BCUT2D eigenvalue weighted by molar-refractivity contribution is 1.14. The molecule has 0 saturated heterocycles. The second-order valence-electron chi connectivity index (χ2n) is 15.4. The average Bonchev–Trinajstić information content (AvgIpc) is 3.97. The molecule has 0 atom stereocenters. The molecule has 6 heteroatoms. The van der Waals surface area contributed by atoms with Crippen LogP contribution in [0, 0.1) is 22.7 Å². The van der Waals surface area contributed by atoms with Crippen LogP contribution in [0.5, 0.6) is 0 Å². The topological polar surface area (TPSA) is 75.3 Å². The van der Waals surface area contributed by atoms with Crippen LogP contribution in [0.4, 0.5) is 0 Å². The Kier molecular flexibility index (Phi) is 7.56. The Morgan fingerprint density at radius 1 is 0.344 bits per heavy atom. The predicted octanol–water partition coefficient (Wildman–Crippen LogP) is 13.5. The van der Waals surface area contributed by atoms with Crippen LogP contribution in [0.15, 0.2) is 194 Å². The molecule has 8 aromatic carbocycles. The zero-order valence-corrected chi connectivity index (χ0v) is 32.7. The summed E-state index contributed by atoms with van der Waals surface area (Å²) >= 11 is 0. The van der Waals surface area contributed by atoms with Gasteiger partial charge in [0.1, 0.15) is 12.1 Å². The van der Waals surface area contributed by atoms with E-state index in [1.165, 1.54) is 0 Å². The van der Waals surface area contributed by atoms with E-state index in [0.29, 0.717) is 11.1 Å². The van der Waals surface area contributed by atoms with Gasteiger partial charge in [-0.15, -0.1) is 0 Å². The standard InChI is InChI=1S/C55H32N6/c56-31-37-27-25-35(29-53(37)59-47-19-7-1-13-39(47)40-14-2-8-20-48(40)59)45-33-58-34-46(55(45)61-51-23-11-5-17-43(51)44-18-6-12-24-52(44)61)36-26-28-38(32-57)54(30-36)60-49-21-9-3-15-41(49)42-16-4-10-22-50(42)60/h1-30,33-34H. The summed E-state index contributed by atoms with van der Waals surface area (Å²) in [6.07, 6.45) is 3.88. The second kappa shape index (κ2) is 13.4. The van der Waals surface area contributed by atoms with E-state index in [-0.39, 0.29) is 0 Å². The molecule has 0 spiro atoms. The Bertz CT molecular complexity index is 3510. The van der Waals surface area contributed by atoms with Gasteiger partial charge in [-0.25, -0.2) is 0 Å². The minimum absolute atomic E-state index is 0.570. The highest BCUT2D eigenvalue weighted by molar-refractivity contribution is 6.12. The summed E-state index contributed by atoms with van der Waals surface area (Å²) in [6.45, 7) is 0. The van der Waals surface area contributed by atoms with Crippen molar-refractivity contribution in [1.29, 1.82) is 10.5 Å². The van der Waals surface area contributed by atoms with Gasteiger partial charge in [-0.2, -0.15) is 10.5 Å². The quantitative estimate of drug-likeness (QED) is 0.175. The summed E-state index contributed by atoms with van der Waals surface area (Å²) in [4.78, 5) is 4.98. The Morgan fingerprint density at radius 3 is 0.951 bits per heavy atom. The van der Waals surface area contributed by atoms with Crippen LogP contribution in [0.1, 0.15) is 11.1 Å². The molecule has 0 bridgehead atoms. The van der Waals surface area contributed by atoms with Crippen molar-refractivity contribution in [2.75, 3.05) is 0 Å². The van der Waals surface area contributed by atoms with Gasteiger partial charge in [0.05, 0.1) is 61.3 Å². The van der Waals surface area contributed by atoms with Gasteiger partial charge >= 0.3 is 0 Å². The summed E-state index contributed by atoms with van der Waals surface area (Å²) in [6, 6.07) is 67.8. The van der Waals surface area contributed by atoms with Crippen LogP contribution in [0.2, 0.25) is 0 Å². The smallest absolute Gasteiger partial charge is 0.101 e. The molecular weight excluding hydrogens is 745 g/mol. The molecule has 0 aliphatic heterocycles. The first-order chi connectivity index (χ1) is 30.2. The van der Waals surface area contributed by atoms with Crippen LogP contribution in [-0.2, 0) is 0 Å². The van der Waals surface area contributed by atoms with E-state index in [4.69, 9.17) is 4.98 Å². The van der Waals surface area contributed by atoms with E-state index < -0.39 is 0 Å². The Labute approximate surface area is 350 Å². The van der Waals surface area contributed by atoms with Gasteiger partial charge in [0, 0.05) is 55.8 Å². The number of rotatable bonds is 5. The molecule has 6 nitrogen and oxygen atoms in total. The Morgan fingerprint density at radius 2 is 0.639 bits per heavy atom. The minimum Gasteiger partial charge on any atom is -0.308 e. The highest BCUT2D eigenvalue weighted by atomic mass is 15.0. The van der Waals surface area contributed by atoms with E-state index in [1.54, 1.807) is 0 Å². The van der Waals surface area contributed by atoms with Crippen molar-refractivity contribution in [3.05, 3.63) is 206 Å². The fourth-order valence-electron chi connectivity index (χ4n) is 9.60. The Balaban J connectivity index is 1.18. The lowest BCUT2D eigenvalue weighted by Gasteiger charge is -2.20. The SMILES string of the molecule is N#Cc1ccc(-c2cncc(-c3ccc(C#N)c(-n4c5ccccc5c5ccccc54)c3)c2-n2c3ccccc3c3ccccc32)cc1-n1c2ccccc2c2ccccc21. The number of hydrogen-bond acceptors (Lipinski definition) is 3. The lowest BCUT2D eigenvalue weighted by atomic mass is 9.95. The lowest BCUT2D eigenvalue weighted by Crippen LogP contribution is -2.04. The third-order valence-electron chi connectivity index (χ3n) is 12.2. The van der Waals surface area contributed by atoms with Gasteiger partial charge in [-0.3, -0.25) is 4.98 Å². The highest BCUT2D eigenvalue weighted by Crippen LogP contribution is 2.43. The minimum atomic E-state index is 0.570. The first-order valence-electron chi connectivity index (χ1n) is 20.2. The molecule has 0 amide bonds. The molecule has 0 unspecified atom stereocenters. The van der Waals surface area contributed by atoms with Crippen LogP contribution in [0.3, 0.4) is 0 Å². The van der Waals surface area contributed by atoms with E-state index in [9.17, 15) is 10.5 Å². The second-order valence-corrected chi connectivity index (χ2v) is 15.4. The van der Waals surface area contributed by atoms with E-state index >= 15 is 0 Å². The zero-order chi connectivity index (χ0) is 40.6. The van der Waals surface area contributed by atoms with Gasteiger partial charge in [0.2, 0.25) is 0 Å². The molecule has 12 aromatic rings. The first kappa shape index (κ1) is 34.3. The molecular formula is C55H32N6. The average molecular weight is 777 g/mol. The molecule has 4 aromatic heterocycles. The van der Waals surface area contributed by atoms with E-state index in [0.717, 1.165) is 105 Å². The highest BCUT2D eigenvalue weighted by Gasteiger charge is 2.23. The number of hydrogen-bond donors (Lipinski definition) is 0. The van der Waals surface area contributed by atoms with Crippen LogP contribution >= 0.6 is 0 Å². The van der Waals surface area contributed by atoms with Crippen molar-refractivity contribution in [3.63, 3.8) is 0 Å². The number of nitrogens with zero attached hydrogens (tertiary/aromatic N) is 6. The maximum absolute atomic E-state index is 10.6. The normalized spacial score (nSPS) is 11.6. The molecule has 0 aliphatic carbocycles. The number of aromatic nitrogens is 4. The first-order valence-corrected chi connectivity index (χ1v) is 20.2. The summed E-state index contributed by atoms with van der Waals surface area (Å²) in [7, 11) is 0. The van der Waals surface area contributed by atoms with Gasteiger partial charge in [0.15, 0.2) is 0 Å². The summed E-state index contributed by atoms with van der Waals surface area (Å²) in [5.41, 5.74) is 13.5. The third kappa shape index (κ3) is 5.04. The van der Waals surface area contributed by atoms with Crippen LogP contribution in [0.25, 0.3) is 105 Å². The molecule has 4 heterocycles. The summed E-state index contributed by atoms with van der Waals surface area (Å²) < 4.78 is 6.78. The van der Waals surface area contributed by atoms with E-state index in [1.807, 2.05) is 60.9 Å². The van der Waals surface area contributed by atoms with E-state index in [2.05, 4.69) is 159 Å². The third-order valence-corrected chi connectivity index (χ3v) is 12.2. The fourth-order valence-corrected chi connectivity index (χ4v) is 9.60. The van der Waals surface area contributed by atoms with Crippen molar-refractivity contribution >= 4 is 65.4 Å². The molecule has 0 N–H and O–H groups in total. The van der Waals surface area contributed by atoms with Crippen molar-refractivity contribution in [2.24, 2.45) is 0 Å². The van der Waals surface area contributed by atoms with Gasteiger partial charge < -0.3 is 13.7 Å². The molecule has 0 saturated carbocycles. The molecule has 0 aliphatic rings. The number of pyridine rings is 1. The molecule has 61 heavy (non-hydrogen) atoms. The molecule has 12 rings (SSSR count). The number of fused-ring (bicyclic) bond motifs is 9. The van der Waals surface area contributed by atoms with Crippen molar-refractivity contribution < 1.29 is 0 Å². The van der Waals surface area contributed by atoms with Crippen LogP contribution < -0.4 is 0 Å². The molecule has 0 fully saturated rings. The maximum atomic E-state index is 10.6. The van der Waals surface area contributed by atoms with Crippen molar-refractivity contribution in [3.8, 4) is 51.5 Å². The number of para-hydroxylation sites is 6. The maximum Gasteiger partial charge on any atom is 0.101 e.